The molecule has 4 nitrogen and oxygen atoms in total. The largest absolute Gasteiger partial charge is 0.482 e. The monoisotopic (exact) mass is 360 g/mol. The number of carbonyl (C=O) groups excluding carboxylic acids is 1. The molecule has 3 aromatic rings. The Bertz CT molecular complexity index is 862. The molecule has 0 saturated carbocycles. The van der Waals surface area contributed by atoms with Crippen molar-refractivity contribution in [3.8, 4) is 5.75 Å². The van der Waals surface area contributed by atoms with Crippen molar-refractivity contribution in [2.75, 3.05) is 0 Å². The minimum absolute atomic E-state index is 0.0272. The average molecular weight is 360 g/mol. The summed E-state index contributed by atoms with van der Waals surface area (Å²) in [6, 6.07) is 12.9. The second-order valence-corrected chi connectivity index (χ2v) is 5.60. The van der Waals surface area contributed by atoms with Gasteiger partial charge in [-0.2, -0.15) is 13.2 Å². The first-order chi connectivity index (χ1) is 12.4. The summed E-state index contributed by atoms with van der Waals surface area (Å²) in [7, 11) is 0. The van der Waals surface area contributed by atoms with Crippen molar-refractivity contribution in [1.29, 1.82) is 0 Å². The third-order valence-electron chi connectivity index (χ3n) is 3.72. The molecule has 0 spiro atoms. The van der Waals surface area contributed by atoms with Gasteiger partial charge in [0.1, 0.15) is 11.6 Å². The Morgan fingerprint density at radius 1 is 1.12 bits per heavy atom. The van der Waals surface area contributed by atoms with E-state index in [9.17, 15) is 18.0 Å². The molecule has 1 atom stereocenters. The molecule has 1 heterocycles. The van der Waals surface area contributed by atoms with Gasteiger partial charge >= 0.3 is 6.18 Å². The van der Waals surface area contributed by atoms with Crippen molar-refractivity contribution >= 4 is 5.78 Å². The fourth-order valence-corrected chi connectivity index (χ4v) is 2.47. The predicted molar refractivity (Wildman–Crippen MR) is 88.9 cm³/mol. The number of rotatable bonds is 6. The van der Waals surface area contributed by atoms with E-state index in [0.29, 0.717) is 11.4 Å². The van der Waals surface area contributed by atoms with Gasteiger partial charge in [-0.3, -0.25) is 4.79 Å². The fourth-order valence-electron chi connectivity index (χ4n) is 2.47. The Balaban J connectivity index is 1.87. The van der Waals surface area contributed by atoms with Crippen molar-refractivity contribution < 1.29 is 22.7 Å². The highest BCUT2D eigenvalue weighted by Crippen LogP contribution is 2.31. The molecule has 2 aromatic carbocycles. The Kier molecular flexibility index (Phi) is 5.06. The number of hydrogen-bond donors (Lipinski definition) is 1. The molecular weight excluding hydrogens is 345 g/mol. The smallest absolute Gasteiger partial charge is 0.416 e. The highest BCUT2D eigenvalue weighted by atomic mass is 19.4. The molecule has 0 aliphatic rings. The lowest BCUT2D eigenvalue weighted by atomic mass is 10.0. The minimum atomic E-state index is -4.49. The SMILES string of the molecule is O=C(c1ccccc1)[C@H](Cc1ncc[nH]1)Oc1cccc(C(F)(F)F)c1. The van der Waals surface area contributed by atoms with Crippen LogP contribution < -0.4 is 4.74 Å². The van der Waals surface area contributed by atoms with E-state index in [4.69, 9.17) is 4.74 Å². The Labute approximate surface area is 147 Å². The number of nitrogens with one attached hydrogen (secondary N) is 1. The van der Waals surface area contributed by atoms with Gasteiger partial charge in [0.05, 0.1) is 12.0 Å². The van der Waals surface area contributed by atoms with E-state index in [2.05, 4.69) is 9.97 Å². The summed E-state index contributed by atoms with van der Waals surface area (Å²) in [6.07, 6.45) is -2.25. The first-order valence-corrected chi connectivity index (χ1v) is 7.85. The van der Waals surface area contributed by atoms with E-state index in [-0.39, 0.29) is 18.0 Å². The highest BCUT2D eigenvalue weighted by Gasteiger charge is 2.31. The van der Waals surface area contributed by atoms with Gasteiger partial charge in [-0.05, 0) is 18.2 Å². The number of Topliss-reactive ketones (excluding diaryl/α,β-unsaturated/α-hetero) is 1. The third-order valence-corrected chi connectivity index (χ3v) is 3.72. The van der Waals surface area contributed by atoms with E-state index in [1.165, 1.54) is 18.3 Å². The number of imidazole rings is 1. The Morgan fingerprint density at radius 3 is 2.54 bits per heavy atom. The second-order valence-electron chi connectivity index (χ2n) is 5.60. The van der Waals surface area contributed by atoms with Crippen LogP contribution in [0.25, 0.3) is 0 Å². The standard InChI is InChI=1S/C19H15F3N2O2/c20-19(21,22)14-7-4-8-15(11-14)26-16(12-17-23-9-10-24-17)18(25)13-5-2-1-3-6-13/h1-11,16H,12H2,(H,23,24)/t16-/m0/s1. The van der Waals surface area contributed by atoms with Gasteiger partial charge in [-0.15, -0.1) is 0 Å². The topological polar surface area (TPSA) is 55.0 Å². The molecular formula is C19H15F3N2O2. The van der Waals surface area contributed by atoms with E-state index in [1.54, 1.807) is 36.5 Å². The summed E-state index contributed by atoms with van der Waals surface area (Å²) >= 11 is 0. The van der Waals surface area contributed by atoms with Gasteiger partial charge in [0, 0.05) is 18.0 Å². The summed E-state index contributed by atoms with van der Waals surface area (Å²) in [5, 5.41) is 0. The average Bonchev–Trinajstić information content (AvgIpc) is 3.14. The summed E-state index contributed by atoms with van der Waals surface area (Å²) in [6.45, 7) is 0. The molecule has 134 valence electrons. The maximum absolute atomic E-state index is 12.9. The third kappa shape index (κ3) is 4.30. The van der Waals surface area contributed by atoms with Crippen LogP contribution in [0.2, 0.25) is 0 Å². The number of H-pyrrole nitrogens is 1. The van der Waals surface area contributed by atoms with Crippen molar-refractivity contribution in [3.05, 3.63) is 83.9 Å². The maximum atomic E-state index is 12.9. The molecule has 0 bridgehead atoms. The molecule has 0 saturated heterocycles. The normalized spacial score (nSPS) is 12.6. The lowest BCUT2D eigenvalue weighted by Crippen LogP contribution is -2.30. The predicted octanol–water partition coefficient (Wildman–Crippen LogP) is 4.30. The van der Waals surface area contributed by atoms with Gasteiger partial charge in [-0.1, -0.05) is 36.4 Å². The second kappa shape index (κ2) is 7.43. The van der Waals surface area contributed by atoms with Crippen LogP contribution >= 0.6 is 0 Å². The lowest BCUT2D eigenvalue weighted by molar-refractivity contribution is -0.137. The maximum Gasteiger partial charge on any atom is 0.416 e. The number of ketones is 1. The first-order valence-electron chi connectivity index (χ1n) is 7.85. The molecule has 1 N–H and O–H groups in total. The van der Waals surface area contributed by atoms with Gasteiger partial charge in [0.25, 0.3) is 0 Å². The van der Waals surface area contributed by atoms with Crippen LogP contribution in [0.15, 0.2) is 67.0 Å². The van der Waals surface area contributed by atoms with Gasteiger partial charge in [0.15, 0.2) is 6.10 Å². The van der Waals surface area contributed by atoms with Crippen LogP contribution in [-0.4, -0.2) is 21.9 Å². The molecule has 3 rings (SSSR count). The lowest BCUT2D eigenvalue weighted by Gasteiger charge is -2.18. The zero-order valence-corrected chi connectivity index (χ0v) is 13.5. The molecule has 0 aliphatic carbocycles. The number of benzene rings is 2. The molecule has 0 radical (unpaired) electrons. The number of nitrogens with zero attached hydrogens (tertiary/aromatic N) is 1. The summed E-state index contributed by atoms with van der Waals surface area (Å²) < 4.78 is 44.3. The van der Waals surface area contributed by atoms with E-state index >= 15 is 0 Å². The summed E-state index contributed by atoms with van der Waals surface area (Å²) in [5.41, 5.74) is -0.421. The van der Waals surface area contributed by atoms with Crippen molar-refractivity contribution in [2.45, 2.75) is 18.7 Å². The minimum Gasteiger partial charge on any atom is -0.482 e. The van der Waals surface area contributed by atoms with E-state index < -0.39 is 17.8 Å². The molecule has 1 aromatic heterocycles. The number of aromatic nitrogens is 2. The molecule has 0 amide bonds. The van der Waals surface area contributed by atoms with Crippen molar-refractivity contribution in [3.63, 3.8) is 0 Å². The van der Waals surface area contributed by atoms with Crippen molar-refractivity contribution in [2.24, 2.45) is 0 Å². The zero-order chi connectivity index (χ0) is 18.6. The molecule has 0 unspecified atom stereocenters. The van der Waals surface area contributed by atoms with Crippen LogP contribution in [0.4, 0.5) is 13.2 Å². The quantitative estimate of drug-likeness (QED) is 0.667. The first kappa shape index (κ1) is 17.7. The number of halogens is 3. The fraction of sp³-hybridized carbons (Fsp3) is 0.158. The Morgan fingerprint density at radius 2 is 1.88 bits per heavy atom. The molecule has 26 heavy (non-hydrogen) atoms. The number of aromatic amines is 1. The molecule has 0 aliphatic heterocycles. The van der Waals surface area contributed by atoms with Crippen LogP contribution in [-0.2, 0) is 12.6 Å². The van der Waals surface area contributed by atoms with Crippen LogP contribution in [0.1, 0.15) is 21.7 Å². The van der Waals surface area contributed by atoms with Crippen LogP contribution in [0.5, 0.6) is 5.75 Å². The summed E-state index contributed by atoms with van der Waals surface area (Å²) in [5.74, 6) is 0.145. The van der Waals surface area contributed by atoms with Gasteiger partial charge in [0.2, 0.25) is 5.78 Å². The molecule has 0 fully saturated rings. The summed E-state index contributed by atoms with van der Waals surface area (Å²) in [4.78, 5) is 19.7. The Hall–Kier alpha value is -3.09. The number of carbonyl (C=O) groups is 1. The van der Waals surface area contributed by atoms with Crippen LogP contribution in [0, 0.1) is 0 Å². The number of alkyl halides is 3. The van der Waals surface area contributed by atoms with Crippen LogP contribution in [0.3, 0.4) is 0 Å². The number of hydrogen-bond acceptors (Lipinski definition) is 3. The highest BCUT2D eigenvalue weighted by molar-refractivity contribution is 5.99. The van der Waals surface area contributed by atoms with Crippen molar-refractivity contribution in [1.82, 2.24) is 9.97 Å². The van der Waals surface area contributed by atoms with E-state index in [1.807, 2.05) is 0 Å². The number of ether oxygens (including phenoxy) is 1. The van der Waals surface area contributed by atoms with Gasteiger partial charge < -0.3 is 9.72 Å². The van der Waals surface area contributed by atoms with E-state index in [0.717, 1.165) is 12.1 Å². The molecule has 7 heteroatoms. The zero-order valence-electron chi connectivity index (χ0n) is 13.5. The van der Waals surface area contributed by atoms with Gasteiger partial charge in [-0.25, -0.2) is 4.98 Å².